The normalized spacial score (nSPS) is 11.6. The number of nitrogens with two attached hydrogens (primary N) is 2. The second-order valence-corrected chi connectivity index (χ2v) is 5.83. The van der Waals surface area contributed by atoms with Gasteiger partial charge >= 0.3 is 0 Å². The summed E-state index contributed by atoms with van der Waals surface area (Å²) >= 11 is 0. The Morgan fingerprint density at radius 3 is 1.77 bits per heavy atom. The van der Waals surface area contributed by atoms with Gasteiger partial charge in [0.2, 0.25) is 0 Å². The van der Waals surface area contributed by atoms with Gasteiger partial charge in [-0.15, -0.1) is 0 Å². The van der Waals surface area contributed by atoms with Crippen molar-refractivity contribution in [2.75, 3.05) is 13.2 Å². The lowest BCUT2D eigenvalue weighted by Gasteiger charge is -2.13. The molecule has 1 atom stereocenters. The molecule has 7 nitrogen and oxygen atoms in total. The van der Waals surface area contributed by atoms with Gasteiger partial charge in [-0.1, -0.05) is 0 Å². The number of benzene rings is 2. The molecule has 7 heteroatoms. The largest absolute Gasteiger partial charge is 0.494 e. The summed E-state index contributed by atoms with van der Waals surface area (Å²) in [6.45, 7) is 0.663. The minimum atomic E-state index is -0.592. The van der Waals surface area contributed by atoms with Crippen molar-refractivity contribution in [2.24, 2.45) is 11.5 Å². The van der Waals surface area contributed by atoms with Gasteiger partial charge in [0.25, 0.3) is 0 Å². The molecule has 2 aromatic carbocycles. The first-order chi connectivity index (χ1) is 12.5. The average Bonchev–Trinajstić information content (AvgIpc) is 2.64. The summed E-state index contributed by atoms with van der Waals surface area (Å²) in [6.07, 6.45) is 0.644. The molecular weight excluding hydrogens is 332 g/mol. The van der Waals surface area contributed by atoms with Crippen LogP contribution in [0.4, 0.5) is 0 Å². The molecule has 0 radical (unpaired) electrons. The third-order valence-electron chi connectivity index (χ3n) is 3.72. The quantitative estimate of drug-likeness (QED) is 0.251. The number of hydrogen-bond donors (Lipinski definition) is 5. The van der Waals surface area contributed by atoms with Crippen LogP contribution < -0.4 is 20.9 Å². The summed E-state index contributed by atoms with van der Waals surface area (Å²) in [5.74, 6) is 1.35. The van der Waals surface area contributed by atoms with Crippen molar-refractivity contribution >= 4 is 11.7 Å². The lowest BCUT2D eigenvalue weighted by atomic mass is 10.2. The topological polar surface area (TPSA) is 138 Å². The third kappa shape index (κ3) is 6.10. The maximum absolute atomic E-state index is 9.98. The second kappa shape index (κ2) is 9.43. The van der Waals surface area contributed by atoms with Crippen molar-refractivity contribution in [3.8, 4) is 11.5 Å². The highest BCUT2D eigenvalue weighted by Gasteiger charge is 2.06. The van der Waals surface area contributed by atoms with Crippen molar-refractivity contribution < 1.29 is 14.6 Å². The molecule has 0 aliphatic heterocycles. The molecule has 2 aromatic rings. The van der Waals surface area contributed by atoms with Gasteiger partial charge in [-0.3, -0.25) is 10.8 Å². The minimum absolute atomic E-state index is 0.00696. The maximum Gasteiger partial charge on any atom is 0.122 e. The Bertz CT molecular complexity index is 729. The predicted molar refractivity (Wildman–Crippen MR) is 101 cm³/mol. The standard InChI is InChI=1S/C19H24N4O3/c20-18(21)13-3-7-16(8-4-13)25-11-1-2-15(24)12-26-17-9-5-14(6-10-17)19(22)23/h3-10,15,24H,1-2,11-12H2,(H3,20,21)(H3,22,23). The van der Waals surface area contributed by atoms with E-state index in [1.165, 1.54) is 0 Å². The first kappa shape index (κ1) is 19.3. The molecule has 138 valence electrons. The fourth-order valence-corrected chi connectivity index (χ4v) is 2.25. The first-order valence-electron chi connectivity index (χ1n) is 8.28. The van der Waals surface area contributed by atoms with E-state index >= 15 is 0 Å². The van der Waals surface area contributed by atoms with E-state index < -0.39 is 6.10 Å². The fourth-order valence-electron chi connectivity index (χ4n) is 2.25. The number of amidine groups is 2. The van der Waals surface area contributed by atoms with Crippen LogP contribution in [0.25, 0.3) is 0 Å². The van der Waals surface area contributed by atoms with Crippen molar-refractivity contribution in [1.29, 1.82) is 10.8 Å². The number of aliphatic hydroxyl groups excluding tert-OH is 1. The summed E-state index contributed by atoms with van der Waals surface area (Å²) in [6, 6.07) is 13.8. The van der Waals surface area contributed by atoms with E-state index in [1.54, 1.807) is 48.5 Å². The molecule has 0 aromatic heterocycles. The molecule has 0 fully saturated rings. The molecule has 2 rings (SSSR count). The van der Waals surface area contributed by atoms with Crippen LogP contribution in [0.5, 0.6) is 11.5 Å². The number of nitrogen functional groups attached to an aromatic ring is 2. The average molecular weight is 356 g/mol. The molecule has 0 aliphatic rings. The Labute approximate surface area is 152 Å². The lowest BCUT2D eigenvalue weighted by Crippen LogP contribution is -2.18. The molecule has 0 aliphatic carbocycles. The summed E-state index contributed by atoms with van der Waals surface area (Å²) in [5, 5.41) is 24.6. The highest BCUT2D eigenvalue weighted by atomic mass is 16.5. The molecule has 0 heterocycles. The van der Waals surface area contributed by atoms with Gasteiger partial charge in [-0.05, 0) is 61.4 Å². The number of rotatable bonds is 10. The number of nitrogens with one attached hydrogen (secondary N) is 2. The van der Waals surface area contributed by atoms with Crippen molar-refractivity contribution in [2.45, 2.75) is 18.9 Å². The zero-order valence-corrected chi connectivity index (χ0v) is 14.4. The van der Waals surface area contributed by atoms with Gasteiger partial charge in [0.1, 0.15) is 29.8 Å². The van der Waals surface area contributed by atoms with Crippen LogP contribution in [0.15, 0.2) is 48.5 Å². The summed E-state index contributed by atoms with van der Waals surface area (Å²) in [4.78, 5) is 0. The van der Waals surface area contributed by atoms with Gasteiger partial charge in [-0.25, -0.2) is 0 Å². The van der Waals surface area contributed by atoms with Crippen molar-refractivity contribution in [1.82, 2.24) is 0 Å². The maximum atomic E-state index is 9.98. The minimum Gasteiger partial charge on any atom is -0.494 e. The van der Waals surface area contributed by atoms with Crippen LogP contribution in [0.2, 0.25) is 0 Å². The van der Waals surface area contributed by atoms with Crippen LogP contribution in [-0.4, -0.2) is 36.1 Å². The lowest BCUT2D eigenvalue weighted by molar-refractivity contribution is 0.0938. The van der Waals surface area contributed by atoms with E-state index in [4.69, 9.17) is 31.8 Å². The number of aliphatic hydroxyl groups is 1. The highest BCUT2D eigenvalue weighted by Crippen LogP contribution is 2.14. The van der Waals surface area contributed by atoms with Crippen LogP contribution in [0.3, 0.4) is 0 Å². The van der Waals surface area contributed by atoms with Crippen molar-refractivity contribution in [3.05, 3.63) is 59.7 Å². The molecule has 1 unspecified atom stereocenters. The molecular formula is C19H24N4O3. The monoisotopic (exact) mass is 356 g/mol. The Morgan fingerprint density at radius 1 is 0.846 bits per heavy atom. The Morgan fingerprint density at radius 2 is 1.31 bits per heavy atom. The van der Waals surface area contributed by atoms with Gasteiger partial charge in [0, 0.05) is 11.1 Å². The highest BCUT2D eigenvalue weighted by molar-refractivity contribution is 5.95. The van der Waals surface area contributed by atoms with Gasteiger partial charge in [0.15, 0.2) is 0 Å². The predicted octanol–water partition coefficient (Wildman–Crippen LogP) is 1.85. The van der Waals surface area contributed by atoms with Crippen LogP contribution in [0, 0.1) is 10.8 Å². The van der Waals surface area contributed by atoms with Crippen LogP contribution in [0.1, 0.15) is 24.0 Å². The van der Waals surface area contributed by atoms with E-state index in [2.05, 4.69) is 0 Å². The molecule has 26 heavy (non-hydrogen) atoms. The second-order valence-electron chi connectivity index (χ2n) is 5.83. The SMILES string of the molecule is N=C(N)c1ccc(OCCCC(O)COc2ccc(C(=N)N)cc2)cc1. The third-order valence-corrected chi connectivity index (χ3v) is 3.72. The molecule has 0 spiro atoms. The molecule has 0 amide bonds. The van der Waals surface area contributed by atoms with E-state index in [9.17, 15) is 5.11 Å². The Hall–Kier alpha value is -3.06. The Balaban J connectivity index is 1.64. The molecule has 0 saturated heterocycles. The number of ether oxygens (including phenoxy) is 2. The van der Waals surface area contributed by atoms with Gasteiger partial charge in [-0.2, -0.15) is 0 Å². The van der Waals surface area contributed by atoms with Crippen molar-refractivity contribution in [3.63, 3.8) is 0 Å². The first-order valence-corrected chi connectivity index (χ1v) is 8.28. The van der Waals surface area contributed by atoms with E-state index in [-0.39, 0.29) is 18.3 Å². The summed E-state index contributed by atoms with van der Waals surface area (Å²) in [5.41, 5.74) is 12.1. The molecule has 7 N–H and O–H groups in total. The van der Waals surface area contributed by atoms with Crippen LogP contribution in [-0.2, 0) is 0 Å². The van der Waals surface area contributed by atoms with E-state index in [0.29, 0.717) is 42.1 Å². The van der Waals surface area contributed by atoms with E-state index in [1.807, 2.05) is 0 Å². The summed E-state index contributed by atoms with van der Waals surface area (Å²) in [7, 11) is 0. The zero-order valence-electron chi connectivity index (χ0n) is 14.4. The fraction of sp³-hybridized carbons (Fsp3) is 0.263. The van der Waals surface area contributed by atoms with Gasteiger partial charge in [0.05, 0.1) is 12.7 Å². The van der Waals surface area contributed by atoms with Gasteiger partial charge < -0.3 is 26.0 Å². The summed E-state index contributed by atoms with van der Waals surface area (Å²) < 4.78 is 11.1. The molecule has 0 bridgehead atoms. The smallest absolute Gasteiger partial charge is 0.122 e. The Kier molecular flexibility index (Phi) is 6.99. The number of hydrogen-bond acceptors (Lipinski definition) is 5. The molecule has 0 saturated carbocycles. The zero-order chi connectivity index (χ0) is 18.9. The van der Waals surface area contributed by atoms with Crippen LogP contribution >= 0.6 is 0 Å². The van der Waals surface area contributed by atoms with E-state index in [0.717, 1.165) is 0 Å².